The highest BCUT2D eigenvalue weighted by atomic mass is 32.2. The Labute approximate surface area is 168 Å². The van der Waals surface area contributed by atoms with Crippen molar-refractivity contribution in [1.29, 1.82) is 0 Å². The molecule has 1 fully saturated rings. The van der Waals surface area contributed by atoms with Gasteiger partial charge in [-0.25, -0.2) is 8.42 Å². The number of furan rings is 1. The largest absolute Gasteiger partial charge is 0.467 e. The molecule has 146 valence electrons. The zero-order valence-corrected chi connectivity index (χ0v) is 16.9. The van der Waals surface area contributed by atoms with E-state index in [1.54, 1.807) is 23.3 Å². The zero-order chi connectivity index (χ0) is 19.6. The van der Waals surface area contributed by atoms with Gasteiger partial charge in [0.1, 0.15) is 5.76 Å². The first kappa shape index (κ1) is 19.1. The summed E-state index contributed by atoms with van der Waals surface area (Å²) in [7, 11) is -3.08. The summed E-state index contributed by atoms with van der Waals surface area (Å²) >= 11 is 1.47. The molecule has 1 atom stereocenters. The summed E-state index contributed by atoms with van der Waals surface area (Å²) < 4.78 is 29.2. The monoisotopic (exact) mass is 415 g/mol. The molecule has 28 heavy (non-hydrogen) atoms. The van der Waals surface area contributed by atoms with E-state index >= 15 is 0 Å². The molecular formula is C21H21NO4S2. The average molecular weight is 416 g/mol. The van der Waals surface area contributed by atoms with Crippen molar-refractivity contribution in [1.82, 2.24) is 4.90 Å². The average Bonchev–Trinajstić information content (AvgIpc) is 3.33. The lowest BCUT2D eigenvalue weighted by Crippen LogP contribution is -2.41. The molecule has 0 saturated carbocycles. The first-order chi connectivity index (χ1) is 13.5. The van der Waals surface area contributed by atoms with Crippen molar-refractivity contribution in [2.75, 3.05) is 17.3 Å². The zero-order valence-electron chi connectivity index (χ0n) is 15.3. The normalized spacial score (nSPS) is 18.4. The SMILES string of the molecule is O=C(CSc1ccc2ccccc2c1)N(Cc1ccco1)C1CCS(=O)(=O)C1. The van der Waals surface area contributed by atoms with Crippen molar-refractivity contribution in [3.05, 3.63) is 66.6 Å². The van der Waals surface area contributed by atoms with E-state index in [1.807, 2.05) is 30.3 Å². The number of carbonyl (C=O) groups is 1. The van der Waals surface area contributed by atoms with Crippen molar-refractivity contribution < 1.29 is 17.6 Å². The number of carbonyl (C=O) groups excluding carboxylic acids is 1. The molecule has 0 N–H and O–H groups in total. The molecule has 2 aromatic carbocycles. The fourth-order valence-electron chi connectivity index (χ4n) is 3.50. The Morgan fingerprint density at radius 3 is 2.64 bits per heavy atom. The molecule has 1 aliphatic heterocycles. The molecule has 0 aliphatic carbocycles. The molecule has 2 heterocycles. The number of amides is 1. The molecule has 4 rings (SSSR count). The summed E-state index contributed by atoms with van der Waals surface area (Å²) in [5, 5.41) is 2.29. The first-order valence-electron chi connectivity index (χ1n) is 9.14. The van der Waals surface area contributed by atoms with Crippen LogP contribution < -0.4 is 0 Å². The van der Waals surface area contributed by atoms with Crippen LogP contribution in [0, 0.1) is 0 Å². The predicted octanol–water partition coefficient (Wildman–Crippen LogP) is 3.74. The topological polar surface area (TPSA) is 67.6 Å². The second-order valence-electron chi connectivity index (χ2n) is 6.96. The van der Waals surface area contributed by atoms with Crippen LogP contribution in [0.25, 0.3) is 10.8 Å². The Morgan fingerprint density at radius 1 is 1.11 bits per heavy atom. The fourth-order valence-corrected chi connectivity index (χ4v) is 6.06. The van der Waals surface area contributed by atoms with Gasteiger partial charge in [0, 0.05) is 10.9 Å². The van der Waals surface area contributed by atoms with Gasteiger partial charge in [0.2, 0.25) is 5.91 Å². The maximum Gasteiger partial charge on any atom is 0.233 e. The van der Waals surface area contributed by atoms with E-state index in [9.17, 15) is 13.2 Å². The lowest BCUT2D eigenvalue weighted by molar-refractivity contribution is -0.131. The third-order valence-corrected chi connectivity index (χ3v) is 7.69. The molecule has 1 aliphatic rings. The van der Waals surface area contributed by atoms with Gasteiger partial charge < -0.3 is 9.32 Å². The predicted molar refractivity (Wildman–Crippen MR) is 111 cm³/mol. The van der Waals surface area contributed by atoms with E-state index in [-0.39, 0.29) is 29.2 Å². The van der Waals surface area contributed by atoms with Crippen LogP contribution in [0.15, 0.2) is 70.2 Å². The van der Waals surface area contributed by atoms with E-state index < -0.39 is 9.84 Å². The Hall–Kier alpha value is -2.25. The lowest BCUT2D eigenvalue weighted by Gasteiger charge is -2.27. The summed E-state index contributed by atoms with van der Waals surface area (Å²) in [4.78, 5) is 15.7. The second kappa shape index (κ2) is 8.01. The minimum absolute atomic E-state index is 0.0279. The van der Waals surface area contributed by atoms with Gasteiger partial charge in [0.15, 0.2) is 9.84 Å². The number of hydrogen-bond donors (Lipinski definition) is 0. The molecule has 1 amide bonds. The Balaban J connectivity index is 1.48. The standard InChI is InChI=1S/C21H21NO4S2/c23-21(14-27-20-8-7-16-4-1-2-5-17(16)12-20)22(13-19-6-3-10-26-19)18-9-11-28(24,25)15-18/h1-8,10,12,18H,9,11,13-15H2. The molecule has 0 spiro atoms. The number of sulfone groups is 1. The molecule has 0 radical (unpaired) electrons. The smallest absolute Gasteiger partial charge is 0.233 e. The van der Waals surface area contributed by atoms with Crippen LogP contribution in [0.4, 0.5) is 0 Å². The Bertz CT molecular complexity index is 1080. The molecule has 1 aromatic heterocycles. The molecule has 0 bridgehead atoms. The van der Waals surface area contributed by atoms with Crippen molar-refractivity contribution >= 4 is 38.3 Å². The van der Waals surface area contributed by atoms with E-state index in [0.717, 1.165) is 15.7 Å². The van der Waals surface area contributed by atoms with Gasteiger partial charge in [0.25, 0.3) is 0 Å². The van der Waals surface area contributed by atoms with Crippen molar-refractivity contribution in [2.24, 2.45) is 0 Å². The van der Waals surface area contributed by atoms with Gasteiger partial charge in [-0.15, -0.1) is 11.8 Å². The van der Waals surface area contributed by atoms with Crippen LogP contribution in [-0.4, -0.2) is 42.5 Å². The molecule has 1 saturated heterocycles. The van der Waals surface area contributed by atoms with E-state index in [1.165, 1.54) is 11.8 Å². The minimum atomic E-state index is -3.08. The van der Waals surface area contributed by atoms with Crippen molar-refractivity contribution in [3.63, 3.8) is 0 Å². The minimum Gasteiger partial charge on any atom is -0.467 e. The van der Waals surface area contributed by atoms with Crippen molar-refractivity contribution in [3.8, 4) is 0 Å². The van der Waals surface area contributed by atoms with Gasteiger partial charge in [-0.05, 0) is 41.5 Å². The maximum absolute atomic E-state index is 13.0. The number of hydrogen-bond acceptors (Lipinski definition) is 5. The van der Waals surface area contributed by atoms with Crippen LogP contribution >= 0.6 is 11.8 Å². The number of nitrogens with zero attached hydrogens (tertiary/aromatic N) is 1. The Kier molecular flexibility index (Phi) is 5.46. The summed E-state index contributed by atoms with van der Waals surface area (Å²) in [5.74, 6) is 1.01. The third-order valence-electron chi connectivity index (χ3n) is 4.96. The fraction of sp³-hybridized carbons (Fsp3) is 0.286. The van der Waals surface area contributed by atoms with Gasteiger partial charge in [0.05, 0.1) is 30.1 Å². The van der Waals surface area contributed by atoms with Crippen molar-refractivity contribution in [2.45, 2.75) is 23.9 Å². The van der Waals surface area contributed by atoms with Gasteiger partial charge >= 0.3 is 0 Å². The summed E-state index contributed by atoms with van der Waals surface area (Å²) in [6.45, 7) is 0.296. The molecule has 1 unspecified atom stereocenters. The molecule has 5 nitrogen and oxygen atoms in total. The molecular weight excluding hydrogens is 394 g/mol. The summed E-state index contributed by atoms with van der Waals surface area (Å²) in [6, 6.07) is 17.5. The number of thioether (sulfide) groups is 1. The van der Waals surface area contributed by atoms with Crippen LogP contribution in [0.5, 0.6) is 0 Å². The van der Waals surface area contributed by atoms with Gasteiger partial charge in [-0.1, -0.05) is 30.3 Å². The number of rotatable bonds is 6. The highest BCUT2D eigenvalue weighted by Gasteiger charge is 2.35. The highest BCUT2D eigenvalue weighted by molar-refractivity contribution is 8.00. The maximum atomic E-state index is 13.0. The molecule has 7 heteroatoms. The van der Waals surface area contributed by atoms with Crippen LogP contribution in [-0.2, 0) is 21.2 Å². The first-order valence-corrected chi connectivity index (χ1v) is 11.9. The van der Waals surface area contributed by atoms with Gasteiger partial charge in [-0.3, -0.25) is 4.79 Å². The highest BCUT2D eigenvalue weighted by Crippen LogP contribution is 2.26. The van der Waals surface area contributed by atoms with E-state index in [2.05, 4.69) is 12.1 Å². The van der Waals surface area contributed by atoms with Gasteiger partial charge in [-0.2, -0.15) is 0 Å². The van der Waals surface area contributed by atoms with Crippen LogP contribution in [0.1, 0.15) is 12.2 Å². The van der Waals surface area contributed by atoms with E-state index in [4.69, 9.17) is 4.42 Å². The van der Waals surface area contributed by atoms with E-state index in [0.29, 0.717) is 18.7 Å². The summed E-state index contributed by atoms with van der Waals surface area (Å²) in [5.41, 5.74) is 0. The Morgan fingerprint density at radius 2 is 1.93 bits per heavy atom. The number of benzene rings is 2. The van der Waals surface area contributed by atoms with Crippen LogP contribution in [0.2, 0.25) is 0 Å². The summed E-state index contributed by atoms with van der Waals surface area (Å²) in [6.07, 6.45) is 2.04. The lowest BCUT2D eigenvalue weighted by atomic mass is 10.1. The third kappa shape index (κ3) is 4.42. The number of fused-ring (bicyclic) bond motifs is 1. The quantitative estimate of drug-likeness (QED) is 0.574. The van der Waals surface area contributed by atoms with Crippen LogP contribution in [0.3, 0.4) is 0 Å². The second-order valence-corrected chi connectivity index (χ2v) is 10.2. The molecule has 3 aromatic rings.